The monoisotopic (exact) mass is 431 g/mol. The van der Waals surface area contributed by atoms with Gasteiger partial charge in [0.2, 0.25) is 0 Å². The molecule has 6 nitrogen and oxygen atoms in total. The maximum atomic E-state index is 11.0. The standard InChI is InChI=1S/C26H28N2O4/c1-18(26(29)30)28-32-25(20-8-3-2-4-9-20)21-12-15-23(16-13-21)31-17-22-14-11-19-7-5-6-10-24(19)27-22/h5-7,10-16,20,25H,2-4,8-9,17H2,1H3,(H,29,30)/p-1/b28-18+/t25-/m0/s1. The third-order valence-corrected chi connectivity index (χ3v) is 5.93. The van der Waals surface area contributed by atoms with Crippen LogP contribution in [0.4, 0.5) is 0 Å². The lowest BCUT2D eigenvalue weighted by Gasteiger charge is -2.29. The molecule has 6 heteroatoms. The fourth-order valence-corrected chi connectivity index (χ4v) is 4.13. The van der Waals surface area contributed by atoms with Crippen molar-refractivity contribution in [2.24, 2.45) is 11.1 Å². The summed E-state index contributed by atoms with van der Waals surface area (Å²) in [7, 11) is 0. The molecule has 1 fully saturated rings. The van der Waals surface area contributed by atoms with Gasteiger partial charge in [-0.15, -0.1) is 0 Å². The number of carbonyl (C=O) groups is 1. The number of fused-ring (bicyclic) bond motifs is 1. The summed E-state index contributed by atoms with van der Waals surface area (Å²) in [5, 5.41) is 15.9. The molecule has 166 valence electrons. The Labute approximate surface area is 187 Å². The summed E-state index contributed by atoms with van der Waals surface area (Å²) in [5.74, 6) is -0.283. The lowest BCUT2D eigenvalue weighted by atomic mass is 9.83. The summed E-state index contributed by atoms with van der Waals surface area (Å²) in [6.45, 7) is 1.76. The number of nitrogens with zero attached hydrogens (tertiary/aromatic N) is 2. The average Bonchev–Trinajstić information content (AvgIpc) is 2.84. The van der Waals surface area contributed by atoms with E-state index in [9.17, 15) is 9.90 Å². The summed E-state index contributed by atoms with van der Waals surface area (Å²) < 4.78 is 5.93. The van der Waals surface area contributed by atoms with Gasteiger partial charge in [-0.2, -0.15) is 0 Å². The van der Waals surface area contributed by atoms with Crippen LogP contribution in [0.15, 0.2) is 65.8 Å². The number of oxime groups is 1. The van der Waals surface area contributed by atoms with Crippen molar-refractivity contribution < 1.29 is 19.5 Å². The van der Waals surface area contributed by atoms with E-state index in [0.29, 0.717) is 12.5 Å². The van der Waals surface area contributed by atoms with E-state index in [1.165, 1.54) is 13.3 Å². The number of ether oxygens (including phenoxy) is 1. The Morgan fingerprint density at radius 2 is 1.81 bits per heavy atom. The number of aliphatic carboxylic acids is 1. The first-order valence-corrected chi connectivity index (χ1v) is 11.1. The Kier molecular flexibility index (Phi) is 7.00. The fourth-order valence-electron chi connectivity index (χ4n) is 4.13. The Bertz CT molecular complexity index is 1090. The Morgan fingerprint density at radius 1 is 1.06 bits per heavy atom. The number of benzene rings is 2. The van der Waals surface area contributed by atoms with Gasteiger partial charge in [-0.05, 0) is 49.6 Å². The van der Waals surface area contributed by atoms with Crippen molar-refractivity contribution in [1.29, 1.82) is 0 Å². The molecule has 0 amide bonds. The van der Waals surface area contributed by atoms with E-state index in [2.05, 4.69) is 10.1 Å². The molecule has 32 heavy (non-hydrogen) atoms. The summed E-state index contributed by atoms with van der Waals surface area (Å²) >= 11 is 0. The van der Waals surface area contributed by atoms with Crippen LogP contribution in [0.3, 0.4) is 0 Å². The quantitative estimate of drug-likeness (QED) is 0.385. The van der Waals surface area contributed by atoms with Gasteiger partial charge in [0.25, 0.3) is 0 Å². The summed E-state index contributed by atoms with van der Waals surface area (Å²) in [5.41, 5.74) is 2.61. The number of hydrogen-bond donors (Lipinski definition) is 0. The molecule has 2 aromatic carbocycles. The maximum Gasteiger partial charge on any atom is 0.155 e. The Balaban J connectivity index is 1.45. The molecule has 3 aromatic rings. The predicted octanol–water partition coefficient (Wildman–Crippen LogP) is 4.58. The van der Waals surface area contributed by atoms with Crippen molar-refractivity contribution in [3.05, 3.63) is 71.9 Å². The zero-order valence-corrected chi connectivity index (χ0v) is 18.2. The highest BCUT2D eigenvalue weighted by molar-refractivity contribution is 6.33. The van der Waals surface area contributed by atoms with Crippen LogP contribution in [-0.4, -0.2) is 16.7 Å². The molecule has 1 aliphatic rings. The number of aromatic nitrogens is 1. The topological polar surface area (TPSA) is 83.8 Å². The Hall–Kier alpha value is -3.41. The number of carbonyl (C=O) groups excluding carboxylic acids is 1. The van der Waals surface area contributed by atoms with Crippen LogP contribution < -0.4 is 9.84 Å². The summed E-state index contributed by atoms with van der Waals surface area (Å²) in [6, 6.07) is 19.8. The van der Waals surface area contributed by atoms with Crippen molar-refractivity contribution in [3.63, 3.8) is 0 Å². The molecule has 1 aromatic heterocycles. The van der Waals surface area contributed by atoms with E-state index in [1.807, 2.05) is 60.7 Å². The molecular formula is C26H27N2O4-. The Morgan fingerprint density at radius 3 is 2.56 bits per heavy atom. The van der Waals surface area contributed by atoms with Gasteiger partial charge in [0.05, 0.1) is 22.9 Å². The minimum Gasteiger partial charge on any atom is -0.543 e. The molecule has 1 aliphatic carbocycles. The van der Waals surface area contributed by atoms with Gasteiger partial charge in [-0.1, -0.05) is 60.8 Å². The molecule has 1 saturated carbocycles. The van der Waals surface area contributed by atoms with Crippen LogP contribution in [0, 0.1) is 5.92 Å². The van der Waals surface area contributed by atoms with E-state index < -0.39 is 5.97 Å². The fraction of sp³-hybridized carbons (Fsp3) is 0.346. The summed E-state index contributed by atoms with van der Waals surface area (Å²) in [6.07, 6.45) is 5.30. The zero-order chi connectivity index (χ0) is 22.3. The van der Waals surface area contributed by atoms with E-state index in [4.69, 9.17) is 9.57 Å². The number of carboxylic acid groups (broad SMARTS) is 1. The number of rotatable bonds is 8. The first-order chi connectivity index (χ1) is 15.6. The van der Waals surface area contributed by atoms with E-state index >= 15 is 0 Å². The van der Waals surface area contributed by atoms with Crippen LogP contribution in [0.1, 0.15) is 56.4 Å². The summed E-state index contributed by atoms with van der Waals surface area (Å²) in [4.78, 5) is 21.3. The van der Waals surface area contributed by atoms with Gasteiger partial charge < -0.3 is 19.5 Å². The second kappa shape index (κ2) is 10.3. The van der Waals surface area contributed by atoms with Gasteiger partial charge in [0, 0.05) is 11.3 Å². The number of hydrogen-bond acceptors (Lipinski definition) is 6. The molecule has 0 N–H and O–H groups in total. The molecule has 0 saturated heterocycles. The third-order valence-electron chi connectivity index (χ3n) is 5.93. The van der Waals surface area contributed by atoms with Gasteiger partial charge >= 0.3 is 0 Å². The molecule has 0 bridgehead atoms. The van der Waals surface area contributed by atoms with Crippen LogP contribution in [-0.2, 0) is 16.2 Å². The van der Waals surface area contributed by atoms with Gasteiger partial charge in [-0.3, -0.25) is 0 Å². The van der Waals surface area contributed by atoms with Crippen LogP contribution in [0.25, 0.3) is 10.9 Å². The molecule has 0 aliphatic heterocycles. The smallest absolute Gasteiger partial charge is 0.155 e. The highest BCUT2D eigenvalue weighted by Gasteiger charge is 2.27. The van der Waals surface area contributed by atoms with Gasteiger partial charge in [0.1, 0.15) is 12.4 Å². The second-order valence-electron chi connectivity index (χ2n) is 8.24. The predicted molar refractivity (Wildman–Crippen MR) is 121 cm³/mol. The first-order valence-electron chi connectivity index (χ1n) is 11.1. The minimum atomic E-state index is -1.32. The van der Waals surface area contributed by atoms with Crippen molar-refractivity contribution in [2.75, 3.05) is 0 Å². The highest BCUT2D eigenvalue weighted by atomic mass is 16.6. The first kappa shape index (κ1) is 21.8. The maximum absolute atomic E-state index is 11.0. The van der Waals surface area contributed by atoms with E-state index in [0.717, 1.165) is 53.6 Å². The van der Waals surface area contributed by atoms with Crippen molar-refractivity contribution in [2.45, 2.75) is 51.7 Å². The van der Waals surface area contributed by atoms with Gasteiger partial charge in [-0.25, -0.2) is 4.98 Å². The van der Waals surface area contributed by atoms with Crippen LogP contribution in [0.2, 0.25) is 0 Å². The number of para-hydroxylation sites is 1. The minimum absolute atomic E-state index is 0.159. The third kappa shape index (κ3) is 5.44. The molecular weight excluding hydrogens is 404 g/mol. The molecule has 0 spiro atoms. The number of carboxylic acids is 1. The molecule has 1 atom stereocenters. The van der Waals surface area contributed by atoms with Crippen LogP contribution >= 0.6 is 0 Å². The highest BCUT2D eigenvalue weighted by Crippen LogP contribution is 2.37. The SMILES string of the molecule is C/C(=N\O[C@H](c1ccc(OCc2ccc3ccccc3n2)cc1)C1CCCCC1)C(=O)[O-]. The van der Waals surface area contributed by atoms with Crippen molar-refractivity contribution in [1.82, 2.24) is 4.98 Å². The molecule has 4 rings (SSSR count). The van der Waals surface area contributed by atoms with Crippen molar-refractivity contribution >= 4 is 22.6 Å². The molecule has 1 heterocycles. The largest absolute Gasteiger partial charge is 0.543 e. The average molecular weight is 432 g/mol. The second-order valence-corrected chi connectivity index (χ2v) is 8.24. The van der Waals surface area contributed by atoms with Crippen molar-refractivity contribution in [3.8, 4) is 5.75 Å². The lowest BCUT2D eigenvalue weighted by molar-refractivity contribution is -0.294. The zero-order valence-electron chi connectivity index (χ0n) is 18.2. The van der Waals surface area contributed by atoms with E-state index in [-0.39, 0.29) is 11.8 Å². The molecule has 0 unspecified atom stereocenters. The molecule has 0 radical (unpaired) electrons. The van der Waals surface area contributed by atoms with Crippen LogP contribution in [0.5, 0.6) is 5.75 Å². The van der Waals surface area contributed by atoms with Gasteiger partial charge in [0.15, 0.2) is 6.10 Å². The normalized spacial score (nSPS) is 16.0. The van der Waals surface area contributed by atoms with E-state index in [1.54, 1.807) is 0 Å². The number of pyridine rings is 1. The lowest BCUT2D eigenvalue weighted by Crippen LogP contribution is -2.30.